The third kappa shape index (κ3) is 7.87. The van der Waals surface area contributed by atoms with Crippen molar-refractivity contribution in [2.24, 2.45) is 5.73 Å². The minimum atomic E-state index is -0.901. The maximum absolute atomic E-state index is 12.2. The molecule has 0 radical (unpaired) electrons. The largest absolute Gasteiger partial charge is 0.481 e. The first-order chi connectivity index (χ1) is 11.2. The molecule has 0 bridgehead atoms. The molecule has 0 unspecified atom stereocenters. The second kappa shape index (κ2) is 9.17. The van der Waals surface area contributed by atoms with E-state index in [2.05, 4.69) is 10.6 Å². The number of nitrogens with two attached hydrogens (primary N) is 1. The van der Waals surface area contributed by atoms with Gasteiger partial charge in [0, 0.05) is 29.0 Å². The highest BCUT2D eigenvalue weighted by Crippen LogP contribution is 2.27. The second-order valence-corrected chi connectivity index (χ2v) is 7.05. The van der Waals surface area contributed by atoms with Gasteiger partial charge in [0.1, 0.15) is 0 Å². The summed E-state index contributed by atoms with van der Waals surface area (Å²) >= 11 is 1.43. The Morgan fingerprint density at radius 1 is 1.21 bits per heavy atom. The number of benzene rings is 1. The molecule has 0 aliphatic rings. The van der Waals surface area contributed by atoms with Crippen LogP contribution in [0.15, 0.2) is 29.2 Å². The summed E-state index contributed by atoms with van der Waals surface area (Å²) in [4.78, 5) is 34.4. The molecule has 7 nitrogen and oxygen atoms in total. The first kappa shape index (κ1) is 19.8. The predicted octanol–water partition coefficient (Wildman–Crippen LogP) is 2.42. The zero-order valence-electron chi connectivity index (χ0n) is 13.8. The van der Waals surface area contributed by atoms with E-state index >= 15 is 0 Å². The van der Waals surface area contributed by atoms with Crippen molar-refractivity contribution in [2.75, 3.05) is 11.1 Å². The summed E-state index contributed by atoms with van der Waals surface area (Å²) in [6.45, 7) is 3.53. The lowest BCUT2D eigenvalue weighted by molar-refractivity contribution is -0.137. The quantitative estimate of drug-likeness (QED) is 0.508. The highest BCUT2D eigenvalue weighted by Gasteiger charge is 2.21. The molecule has 5 N–H and O–H groups in total. The van der Waals surface area contributed by atoms with Gasteiger partial charge in [0.05, 0.1) is 5.69 Å². The molecule has 0 aliphatic carbocycles. The Morgan fingerprint density at radius 2 is 1.88 bits per heavy atom. The smallest absolute Gasteiger partial charge is 0.319 e. The summed E-state index contributed by atoms with van der Waals surface area (Å²) in [7, 11) is 0. The Bertz CT molecular complexity index is 605. The minimum absolute atomic E-state index is 0.0210. The van der Waals surface area contributed by atoms with E-state index in [1.807, 2.05) is 12.1 Å². The van der Waals surface area contributed by atoms with Crippen LogP contribution < -0.4 is 16.4 Å². The van der Waals surface area contributed by atoms with Gasteiger partial charge in [0.2, 0.25) is 5.91 Å². The number of carbonyl (C=O) groups excluding carboxylic acids is 2. The molecule has 1 rings (SSSR count). The van der Waals surface area contributed by atoms with Gasteiger partial charge in [-0.1, -0.05) is 12.1 Å². The lowest BCUT2D eigenvalue weighted by atomic mass is 9.99. The highest BCUT2D eigenvalue weighted by molar-refractivity contribution is 7.99. The van der Waals surface area contributed by atoms with Gasteiger partial charge in [-0.2, -0.15) is 0 Å². The Balaban J connectivity index is 2.63. The molecule has 8 heteroatoms. The van der Waals surface area contributed by atoms with E-state index in [-0.39, 0.29) is 18.7 Å². The van der Waals surface area contributed by atoms with E-state index in [0.29, 0.717) is 17.9 Å². The van der Waals surface area contributed by atoms with Crippen LogP contribution in [-0.4, -0.2) is 34.3 Å². The van der Waals surface area contributed by atoms with Crippen LogP contribution >= 0.6 is 11.8 Å². The lowest BCUT2D eigenvalue weighted by Gasteiger charge is -2.26. The fourth-order valence-corrected chi connectivity index (χ4v) is 2.87. The van der Waals surface area contributed by atoms with Crippen LogP contribution in [0.2, 0.25) is 0 Å². The Kier molecular flexibility index (Phi) is 7.57. The average molecular weight is 353 g/mol. The molecule has 0 spiro atoms. The van der Waals surface area contributed by atoms with E-state index in [9.17, 15) is 14.4 Å². The summed E-state index contributed by atoms with van der Waals surface area (Å²) in [6, 6.07) is 6.83. The molecule has 0 atom stereocenters. The van der Waals surface area contributed by atoms with Crippen LogP contribution in [0.25, 0.3) is 0 Å². The van der Waals surface area contributed by atoms with E-state index in [1.54, 1.807) is 26.0 Å². The minimum Gasteiger partial charge on any atom is -0.481 e. The molecule has 3 amide bonds. The molecule has 132 valence electrons. The third-order valence-corrected chi connectivity index (χ3v) is 4.23. The molecule has 0 heterocycles. The maximum Gasteiger partial charge on any atom is 0.319 e. The number of urea groups is 1. The topological polar surface area (TPSA) is 122 Å². The van der Waals surface area contributed by atoms with Crippen molar-refractivity contribution >= 4 is 35.4 Å². The SMILES string of the molecule is CC(C)(CCC(=O)O)NC(=O)Nc1ccccc1SCCC(N)=O. The molecule has 0 saturated carbocycles. The number of para-hydroxylation sites is 1. The molecule has 0 saturated heterocycles. The fraction of sp³-hybridized carbons (Fsp3) is 0.438. The van der Waals surface area contributed by atoms with E-state index in [4.69, 9.17) is 10.8 Å². The molecule has 0 aromatic heterocycles. The van der Waals surface area contributed by atoms with Gasteiger partial charge in [-0.25, -0.2) is 4.79 Å². The van der Waals surface area contributed by atoms with Gasteiger partial charge < -0.3 is 21.5 Å². The van der Waals surface area contributed by atoms with Crippen LogP contribution in [0.4, 0.5) is 10.5 Å². The number of hydrogen-bond acceptors (Lipinski definition) is 4. The first-order valence-corrected chi connectivity index (χ1v) is 8.49. The zero-order chi connectivity index (χ0) is 18.2. The Hall–Kier alpha value is -2.22. The number of hydrogen-bond donors (Lipinski definition) is 4. The van der Waals surface area contributed by atoms with Crippen molar-refractivity contribution in [3.63, 3.8) is 0 Å². The number of carboxylic acids is 1. The van der Waals surface area contributed by atoms with Gasteiger partial charge in [0.15, 0.2) is 0 Å². The molecule has 0 aliphatic heterocycles. The van der Waals surface area contributed by atoms with E-state index in [1.165, 1.54) is 11.8 Å². The standard InChI is InChI=1S/C16H23N3O4S/c1-16(2,9-7-14(21)22)19-15(23)18-11-5-3-4-6-12(11)24-10-8-13(17)20/h3-6H,7-10H2,1-2H3,(H2,17,20)(H,21,22)(H2,18,19,23). The summed E-state index contributed by atoms with van der Waals surface area (Å²) in [5, 5.41) is 14.3. The lowest BCUT2D eigenvalue weighted by Crippen LogP contribution is -2.45. The number of rotatable bonds is 9. The molecule has 1 aromatic rings. The second-order valence-electron chi connectivity index (χ2n) is 5.92. The normalized spacial score (nSPS) is 10.9. The van der Waals surface area contributed by atoms with Crippen molar-refractivity contribution < 1.29 is 19.5 Å². The summed E-state index contributed by atoms with van der Waals surface area (Å²) < 4.78 is 0. The number of anilines is 1. The molecular formula is C16H23N3O4S. The van der Waals surface area contributed by atoms with Gasteiger partial charge in [-0.3, -0.25) is 9.59 Å². The van der Waals surface area contributed by atoms with Crippen molar-refractivity contribution in [1.29, 1.82) is 0 Å². The van der Waals surface area contributed by atoms with Gasteiger partial charge >= 0.3 is 12.0 Å². The van der Waals surface area contributed by atoms with Crippen LogP contribution in [-0.2, 0) is 9.59 Å². The summed E-state index contributed by atoms with van der Waals surface area (Å²) in [6.07, 6.45) is 0.561. The number of primary amides is 1. The monoisotopic (exact) mass is 353 g/mol. The number of aliphatic carboxylic acids is 1. The first-order valence-electron chi connectivity index (χ1n) is 7.51. The van der Waals surface area contributed by atoms with Gasteiger partial charge in [-0.05, 0) is 32.4 Å². The number of carboxylic acid groups (broad SMARTS) is 1. The Labute approximate surface area is 145 Å². The third-order valence-electron chi connectivity index (χ3n) is 3.16. The van der Waals surface area contributed by atoms with E-state index < -0.39 is 17.5 Å². The Morgan fingerprint density at radius 3 is 2.50 bits per heavy atom. The fourth-order valence-electron chi connectivity index (χ4n) is 1.90. The van der Waals surface area contributed by atoms with Crippen molar-refractivity contribution in [2.45, 2.75) is 43.5 Å². The van der Waals surface area contributed by atoms with Crippen LogP contribution in [0.3, 0.4) is 0 Å². The number of amides is 3. The molecule has 0 fully saturated rings. The van der Waals surface area contributed by atoms with Crippen molar-refractivity contribution in [3.05, 3.63) is 24.3 Å². The van der Waals surface area contributed by atoms with Gasteiger partial charge in [0.25, 0.3) is 0 Å². The van der Waals surface area contributed by atoms with Crippen LogP contribution in [0, 0.1) is 0 Å². The predicted molar refractivity (Wildman–Crippen MR) is 94.1 cm³/mol. The number of nitrogens with one attached hydrogen (secondary N) is 2. The van der Waals surface area contributed by atoms with Crippen LogP contribution in [0.1, 0.15) is 33.1 Å². The number of thioether (sulfide) groups is 1. The summed E-state index contributed by atoms with van der Waals surface area (Å²) in [5.74, 6) is -0.743. The highest BCUT2D eigenvalue weighted by atomic mass is 32.2. The van der Waals surface area contributed by atoms with Gasteiger partial charge in [-0.15, -0.1) is 11.8 Å². The van der Waals surface area contributed by atoms with Crippen LogP contribution in [0.5, 0.6) is 0 Å². The summed E-state index contributed by atoms with van der Waals surface area (Å²) in [5.41, 5.74) is 5.10. The maximum atomic E-state index is 12.2. The van der Waals surface area contributed by atoms with Crippen molar-refractivity contribution in [3.8, 4) is 0 Å². The molecular weight excluding hydrogens is 330 g/mol. The van der Waals surface area contributed by atoms with Crippen molar-refractivity contribution in [1.82, 2.24) is 5.32 Å². The molecule has 1 aromatic carbocycles. The molecule has 24 heavy (non-hydrogen) atoms. The zero-order valence-corrected chi connectivity index (χ0v) is 14.6. The number of carbonyl (C=O) groups is 3. The average Bonchev–Trinajstić information content (AvgIpc) is 2.46. The van der Waals surface area contributed by atoms with E-state index in [0.717, 1.165) is 4.90 Å².